The molecule has 6 heteroatoms. The van der Waals surface area contributed by atoms with Gasteiger partial charge >= 0.3 is 5.97 Å². The van der Waals surface area contributed by atoms with Gasteiger partial charge in [-0.3, -0.25) is 9.59 Å². The number of carboxylic acid groups (broad SMARTS) is 1. The second-order valence-corrected chi connectivity index (χ2v) is 4.99. The highest BCUT2D eigenvalue weighted by Crippen LogP contribution is 2.20. The monoisotopic (exact) mass is 275 g/mol. The molecule has 1 amide bonds. The lowest BCUT2D eigenvalue weighted by atomic mass is 9.87. The summed E-state index contributed by atoms with van der Waals surface area (Å²) >= 11 is 0. The van der Waals surface area contributed by atoms with Crippen molar-refractivity contribution >= 4 is 17.4 Å². The largest absolute Gasteiger partial charge is 0.481 e. The molecular weight excluding hydrogens is 258 g/mol. The predicted molar refractivity (Wildman–Crippen MR) is 73.6 cm³/mol. The van der Waals surface area contributed by atoms with Gasteiger partial charge in [-0.1, -0.05) is 13.0 Å². The highest BCUT2D eigenvalue weighted by Gasteiger charge is 2.31. The van der Waals surface area contributed by atoms with E-state index in [4.69, 9.17) is 0 Å². The molecule has 0 saturated heterocycles. The SMILES string of the molecule is CCC(C)(CNC(=O)c1cnn2ccccc12)C(=O)O. The molecule has 2 aromatic heterocycles. The quantitative estimate of drug-likeness (QED) is 0.867. The molecule has 2 heterocycles. The van der Waals surface area contributed by atoms with Gasteiger partial charge in [0.2, 0.25) is 0 Å². The first-order chi connectivity index (χ1) is 9.48. The number of aliphatic carboxylic acids is 1. The number of hydrogen-bond donors (Lipinski definition) is 2. The van der Waals surface area contributed by atoms with Gasteiger partial charge in [0, 0.05) is 12.7 Å². The zero-order valence-electron chi connectivity index (χ0n) is 11.5. The van der Waals surface area contributed by atoms with Crippen LogP contribution in [-0.2, 0) is 4.79 Å². The predicted octanol–water partition coefficient (Wildman–Crippen LogP) is 1.57. The molecule has 2 aromatic rings. The minimum atomic E-state index is -0.960. The topological polar surface area (TPSA) is 83.7 Å². The standard InChI is InChI=1S/C14H17N3O3/c1-3-14(2,13(19)20)9-15-12(18)10-8-16-17-7-5-4-6-11(10)17/h4-8H,3,9H2,1-2H3,(H,15,18)(H,19,20). The number of fused-ring (bicyclic) bond motifs is 1. The number of aromatic nitrogens is 2. The summed E-state index contributed by atoms with van der Waals surface area (Å²) in [6.45, 7) is 3.49. The van der Waals surface area contributed by atoms with Crippen LogP contribution in [0.15, 0.2) is 30.6 Å². The van der Waals surface area contributed by atoms with Crippen LogP contribution in [0.25, 0.3) is 5.52 Å². The Morgan fingerprint density at radius 1 is 1.45 bits per heavy atom. The van der Waals surface area contributed by atoms with Gasteiger partial charge in [0.1, 0.15) is 0 Å². The second-order valence-electron chi connectivity index (χ2n) is 4.99. The van der Waals surface area contributed by atoms with Crippen molar-refractivity contribution in [1.29, 1.82) is 0 Å². The molecule has 0 aliphatic rings. The Morgan fingerprint density at radius 3 is 2.85 bits per heavy atom. The number of nitrogens with one attached hydrogen (secondary N) is 1. The van der Waals surface area contributed by atoms with Gasteiger partial charge in [0.05, 0.1) is 22.7 Å². The van der Waals surface area contributed by atoms with Gasteiger partial charge < -0.3 is 10.4 Å². The number of amides is 1. The number of rotatable bonds is 5. The molecule has 0 radical (unpaired) electrons. The molecule has 1 unspecified atom stereocenters. The lowest BCUT2D eigenvalue weighted by Crippen LogP contribution is -2.40. The van der Waals surface area contributed by atoms with Crippen LogP contribution in [0.3, 0.4) is 0 Å². The van der Waals surface area contributed by atoms with Gasteiger partial charge in [0.15, 0.2) is 0 Å². The minimum Gasteiger partial charge on any atom is -0.481 e. The normalized spacial score (nSPS) is 13.9. The molecule has 6 nitrogen and oxygen atoms in total. The van der Waals surface area contributed by atoms with Gasteiger partial charge in [-0.05, 0) is 25.5 Å². The first kappa shape index (κ1) is 14.0. The fourth-order valence-electron chi connectivity index (χ4n) is 1.83. The molecule has 0 bridgehead atoms. The summed E-state index contributed by atoms with van der Waals surface area (Å²) in [4.78, 5) is 23.3. The Bertz CT molecular complexity index is 650. The second kappa shape index (κ2) is 5.32. The van der Waals surface area contributed by atoms with E-state index in [1.807, 2.05) is 12.1 Å². The molecule has 20 heavy (non-hydrogen) atoms. The number of nitrogens with zero attached hydrogens (tertiary/aromatic N) is 2. The van der Waals surface area contributed by atoms with Gasteiger partial charge in [-0.25, -0.2) is 4.52 Å². The highest BCUT2D eigenvalue weighted by atomic mass is 16.4. The maximum absolute atomic E-state index is 12.1. The number of carboxylic acids is 1. The number of hydrogen-bond acceptors (Lipinski definition) is 3. The summed E-state index contributed by atoms with van der Waals surface area (Å²) in [5, 5.41) is 15.9. The summed E-state index contributed by atoms with van der Waals surface area (Å²) in [6, 6.07) is 5.43. The average Bonchev–Trinajstić information content (AvgIpc) is 2.88. The van der Waals surface area contributed by atoms with E-state index in [0.29, 0.717) is 17.5 Å². The summed E-state index contributed by atoms with van der Waals surface area (Å²) in [6.07, 6.45) is 3.67. The van der Waals surface area contributed by atoms with Crippen LogP contribution >= 0.6 is 0 Å². The molecule has 0 spiro atoms. The maximum atomic E-state index is 12.1. The average molecular weight is 275 g/mol. The molecule has 106 valence electrons. The third-order valence-corrected chi connectivity index (χ3v) is 3.61. The number of pyridine rings is 1. The van der Waals surface area contributed by atoms with Crippen molar-refractivity contribution in [1.82, 2.24) is 14.9 Å². The molecule has 0 saturated carbocycles. The van der Waals surface area contributed by atoms with Crippen molar-refractivity contribution in [3.8, 4) is 0 Å². The van der Waals surface area contributed by atoms with E-state index in [-0.39, 0.29) is 12.5 Å². The smallest absolute Gasteiger partial charge is 0.311 e. The van der Waals surface area contributed by atoms with Crippen LogP contribution < -0.4 is 5.32 Å². The van der Waals surface area contributed by atoms with E-state index in [9.17, 15) is 14.7 Å². The zero-order chi connectivity index (χ0) is 14.8. The Morgan fingerprint density at radius 2 is 2.20 bits per heavy atom. The molecular formula is C14H17N3O3. The van der Waals surface area contributed by atoms with Crippen molar-refractivity contribution in [3.05, 3.63) is 36.2 Å². The van der Waals surface area contributed by atoms with Crippen LogP contribution in [0.4, 0.5) is 0 Å². The van der Waals surface area contributed by atoms with Gasteiger partial charge in [-0.15, -0.1) is 0 Å². The minimum absolute atomic E-state index is 0.0852. The van der Waals surface area contributed by atoms with Crippen molar-refractivity contribution in [3.63, 3.8) is 0 Å². The molecule has 0 fully saturated rings. The molecule has 1 atom stereocenters. The Hall–Kier alpha value is -2.37. The molecule has 0 aliphatic carbocycles. The molecule has 0 aliphatic heterocycles. The maximum Gasteiger partial charge on any atom is 0.311 e. The fraction of sp³-hybridized carbons (Fsp3) is 0.357. The molecule has 2 N–H and O–H groups in total. The van der Waals surface area contributed by atoms with Gasteiger partial charge in [0.25, 0.3) is 5.91 Å². The Labute approximate surface area is 116 Å². The van der Waals surface area contributed by atoms with Crippen molar-refractivity contribution < 1.29 is 14.7 Å². The highest BCUT2D eigenvalue weighted by molar-refractivity contribution is 6.00. The van der Waals surface area contributed by atoms with E-state index >= 15 is 0 Å². The number of carbonyl (C=O) groups excluding carboxylic acids is 1. The van der Waals surface area contributed by atoms with E-state index in [1.165, 1.54) is 6.20 Å². The Kier molecular flexibility index (Phi) is 3.74. The van der Waals surface area contributed by atoms with Crippen LogP contribution in [-0.4, -0.2) is 33.1 Å². The third kappa shape index (κ3) is 2.49. The molecule has 0 aromatic carbocycles. The summed E-state index contributed by atoms with van der Waals surface area (Å²) in [5.41, 5.74) is 0.173. The van der Waals surface area contributed by atoms with E-state index in [1.54, 1.807) is 30.6 Å². The van der Waals surface area contributed by atoms with E-state index < -0.39 is 11.4 Å². The lowest BCUT2D eigenvalue weighted by molar-refractivity contribution is -0.147. The van der Waals surface area contributed by atoms with Crippen LogP contribution in [0.1, 0.15) is 30.6 Å². The summed E-state index contributed by atoms with van der Waals surface area (Å²) in [5.74, 6) is -1.23. The van der Waals surface area contributed by atoms with Crippen molar-refractivity contribution in [2.24, 2.45) is 5.41 Å². The Balaban J connectivity index is 2.15. The fourth-order valence-corrected chi connectivity index (χ4v) is 1.83. The van der Waals surface area contributed by atoms with E-state index in [2.05, 4.69) is 10.4 Å². The van der Waals surface area contributed by atoms with Gasteiger partial charge in [-0.2, -0.15) is 5.10 Å². The van der Waals surface area contributed by atoms with Crippen molar-refractivity contribution in [2.75, 3.05) is 6.54 Å². The van der Waals surface area contributed by atoms with Crippen molar-refractivity contribution in [2.45, 2.75) is 20.3 Å². The zero-order valence-corrected chi connectivity index (χ0v) is 11.5. The summed E-state index contributed by atoms with van der Waals surface area (Å²) < 4.78 is 1.60. The van der Waals surface area contributed by atoms with Crippen LogP contribution in [0.5, 0.6) is 0 Å². The third-order valence-electron chi connectivity index (χ3n) is 3.61. The van der Waals surface area contributed by atoms with Crippen LogP contribution in [0, 0.1) is 5.41 Å². The van der Waals surface area contributed by atoms with E-state index in [0.717, 1.165) is 0 Å². The molecule has 2 rings (SSSR count). The summed E-state index contributed by atoms with van der Waals surface area (Å²) in [7, 11) is 0. The van der Waals surface area contributed by atoms with Crippen LogP contribution in [0.2, 0.25) is 0 Å². The lowest BCUT2D eigenvalue weighted by Gasteiger charge is -2.23. The number of carbonyl (C=O) groups is 2. The first-order valence-corrected chi connectivity index (χ1v) is 6.42. The first-order valence-electron chi connectivity index (χ1n) is 6.42.